The number of nitro benzene ring substituents is 1. The first-order chi connectivity index (χ1) is 9.33. The average Bonchev–Trinajstić information content (AvgIpc) is 2.38. The molecule has 1 unspecified atom stereocenters. The summed E-state index contributed by atoms with van der Waals surface area (Å²) < 4.78 is 0. The lowest BCUT2D eigenvalue weighted by Gasteiger charge is -2.30. The molecule has 1 aromatic carbocycles. The molecule has 2 rings (SSSR count). The van der Waals surface area contributed by atoms with Gasteiger partial charge in [-0.05, 0) is 39.0 Å². The lowest BCUT2D eigenvalue weighted by molar-refractivity contribution is -0.383. The molecule has 0 saturated heterocycles. The summed E-state index contributed by atoms with van der Waals surface area (Å²) in [7, 11) is 0. The van der Waals surface area contributed by atoms with Crippen molar-refractivity contribution in [3.05, 3.63) is 40.6 Å². The van der Waals surface area contributed by atoms with Crippen molar-refractivity contribution in [2.24, 2.45) is 0 Å². The lowest BCUT2D eigenvalue weighted by Crippen LogP contribution is -2.41. The molecular weight excluding hydrogens is 258 g/mol. The van der Waals surface area contributed by atoms with Gasteiger partial charge >= 0.3 is 0 Å². The third-order valence-electron chi connectivity index (χ3n) is 3.44. The van der Waals surface area contributed by atoms with E-state index in [2.05, 4.69) is 10.3 Å². The molecule has 0 amide bonds. The van der Waals surface area contributed by atoms with Crippen molar-refractivity contribution in [2.75, 3.05) is 5.32 Å². The van der Waals surface area contributed by atoms with Crippen molar-refractivity contribution in [1.82, 2.24) is 4.98 Å². The van der Waals surface area contributed by atoms with Gasteiger partial charge in [-0.3, -0.25) is 15.1 Å². The molecule has 0 bridgehead atoms. The second kappa shape index (κ2) is 5.05. The summed E-state index contributed by atoms with van der Waals surface area (Å²) in [5.41, 5.74) is 0.640. The van der Waals surface area contributed by atoms with Gasteiger partial charge in [0, 0.05) is 12.3 Å². The zero-order valence-corrected chi connectivity index (χ0v) is 11.6. The van der Waals surface area contributed by atoms with E-state index in [0.717, 1.165) is 0 Å². The summed E-state index contributed by atoms with van der Waals surface area (Å²) in [6, 6.07) is 6.40. The number of anilines is 1. The Kier molecular flexibility index (Phi) is 3.59. The number of aromatic nitrogens is 1. The summed E-state index contributed by atoms with van der Waals surface area (Å²) in [5, 5.41) is 24.5. The summed E-state index contributed by atoms with van der Waals surface area (Å²) in [5.74, 6) is 0. The SMILES string of the molecule is CC(O)C(C)(C)Nc1ccc([N+](=O)[O-])c2cccnc12. The van der Waals surface area contributed by atoms with Crippen LogP contribution in [0.4, 0.5) is 11.4 Å². The minimum atomic E-state index is -0.587. The molecule has 2 aromatic rings. The van der Waals surface area contributed by atoms with Crippen LogP contribution in [-0.2, 0) is 0 Å². The molecule has 0 aliphatic rings. The number of fused-ring (bicyclic) bond motifs is 1. The quantitative estimate of drug-likeness (QED) is 0.661. The van der Waals surface area contributed by atoms with Gasteiger partial charge in [-0.2, -0.15) is 0 Å². The van der Waals surface area contributed by atoms with E-state index in [1.807, 2.05) is 13.8 Å². The maximum atomic E-state index is 11.0. The van der Waals surface area contributed by atoms with Crippen LogP contribution in [0, 0.1) is 10.1 Å². The van der Waals surface area contributed by atoms with Crippen LogP contribution >= 0.6 is 0 Å². The molecule has 2 N–H and O–H groups in total. The zero-order chi connectivity index (χ0) is 14.9. The molecule has 0 fully saturated rings. The van der Waals surface area contributed by atoms with Gasteiger partial charge in [-0.25, -0.2) is 0 Å². The van der Waals surface area contributed by atoms with E-state index in [1.165, 1.54) is 6.07 Å². The Hall–Kier alpha value is -2.21. The Morgan fingerprint density at radius 2 is 2.10 bits per heavy atom. The first-order valence-electron chi connectivity index (χ1n) is 6.31. The second-order valence-electron chi connectivity index (χ2n) is 5.31. The monoisotopic (exact) mass is 275 g/mol. The van der Waals surface area contributed by atoms with Gasteiger partial charge in [-0.15, -0.1) is 0 Å². The minimum Gasteiger partial charge on any atom is -0.391 e. The number of nitrogens with zero attached hydrogens (tertiary/aromatic N) is 2. The van der Waals surface area contributed by atoms with E-state index in [1.54, 1.807) is 31.3 Å². The van der Waals surface area contributed by atoms with Crippen molar-refractivity contribution in [3.63, 3.8) is 0 Å². The fourth-order valence-electron chi connectivity index (χ4n) is 1.87. The molecule has 20 heavy (non-hydrogen) atoms. The molecule has 6 heteroatoms. The minimum absolute atomic E-state index is 0.0218. The molecule has 0 spiro atoms. The van der Waals surface area contributed by atoms with Crippen molar-refractivity contribution >= 4 is 22.3 Å². The Labute approximate surface area is 116 Å². The number of pyridine rings is 1. The first kappa shape index (κ1) is 14.2. The molecule has 0 aliphatic carbocycles. The number of rotatable bonds is 4. The Bertz CT molecular complexity index is 653. The maximum absolute atomic E-state index is 11.0. The second-order valence-corrected chi connectivity index (χ2v) is 5.31. The van der Waals surface area contributed by atoms with Gasteiger partial charge in [0.1, 0.15) is 5.52 Å². The fourth-order valence-corrected chi connectivity index (χ4v) is 1.87. The van der Waals surface area contributed by atoms with Crippen LogP contribution in [0.1, 0.15) is 20.8 Å². The fraction of sp³-hybridized carbons (Fsp3) is 0.357. The van der Waals surface area contributed by atoms with Gasteiger partial charge in [-0.1, -0.05) is 0 Å². The molecular formula is C14H17N3O3. The highest BCUT2D eigenvalue weighted by Gasteiger charge is 2.25. The molecule has 6 nitrogen and oxygen atoms in total. The molecule has 0 radical (unpaired) electrons. The summed E-state index contributed by atoms with van der Waals surface area (Å²) in [6.45, 7) is 5.40. The largest absolute Gasteiger partial charge is 0.391 e. The van der Waals surface area contributed by atoms with Crippen LogP contribution in [-0.4, -0.2) is 26.7 Å². The number of nitro groups is 1. The van der Waals surface area contributed by atoms with E-state index in [4.69, 9.17) is 0 Å². The first-order valence-corrected chi connectivity index (χ1v) is 6.31. The topological polar surface area (TPSA) is 88.3 Å². The van der Waals surface area contributed by atoms with Crippen LogP contribution in [0.5, 0.6) is 0 Å². The van der Waals surface area contributed by atoms with Crippen LogP contribution in [0.2, 0.25) is 0 Å². The summed E-state index contributed by atoms with van der Waals surface area (Å²) in [6.07, 6.45) is 1.00. The molecule has 1 heterocycles. The van der Waals surface area contributed by atoms with Crippen molar-refractivity contribution in [1.29, 1.82) is 0 Å². The summed E-state index contributed by atoms with van der Waals surface area (Å²) >= 11 is 0. The summed E-state index contributed by atoms with van der Waals surface area (Å²) in [4.78, 5) is 14.8. The predicted octanol–water partition coefficient (Wildman–Crippen LogP) is 2.71. The Morgan fingerprint density at radius 3 is 2.70 bits per heavy atom. The van der Waals surface area contributed by atoms with Crippen molar-refractivity contribution < 1.29 is 10.0 Å². The van der Waals surface area contributed by atoms with Crippen LogP contribution in [0.15, 0.2) is 30.5 Å². The van der Waals surface area contributed by atoms with E-state index in [-0.39, 0.29) is 5.69 Å². The van der Waals surface area contributed by atoms with E-state index >= 15 is 0 Å². The number of benzene rings is 1. The number of non-ortho nitro benzene ring substituents is 1. The van der Waals surface area contributed by atoms with E-state index < -0.39 is 16.6 Å². The highest BCUT2D eigenvalue weighted by molar-refractivity contribution is 5.96. The number of hydrogen-bond donors (Lipinski definition) is 2. The zero-order valence-electron chi connectivity index (χ0n) is 11.6. The maximum Gasteiger partial charge on any atom is 0.278 e. The van der Waals surface area contributed by atoms with Gasteiger partial charge in [0.25, 0.3) is 5.69 Å². The predicted molar refractivity (Wildman–Crippen MR) is 77.8 cm³/mol. The highest BCUT2D eigenvalue weighted by Crippen LogP contribution is 2.31. The smallest absolute Gasteiger partial charge is 0.278 e. The number of nitrogens with one attached hydrogen (secondary N) is 1. The molecule has 1 aromatic heterocycles. The third-order valence-corrected chi connectivity index (χ3v) is 3.44. The molecule has 106 valence electrons. The Morgan fingerprint density at radius 1 is 1.40 bits per heavy atom. The Balaban J connectivity index is 2.57. The number of hydrogen-bond acceptors (Lipinski definition) is 5. The van der Waals surface area contributed by atoms with Crippen LogP contribution in [0.25, 0.3) is 10.9 Å². The average molecular weight is 275 g/mol. The van der Waals surface area contributed by atoms with E-state index in [0.29, 0.717) is 16.6 Å². The van der Waals surface area contributed by atoms with Gasteiger partial charge in [0.15, 0.2) is 0 Å². The van der Waals surface area contributed by atoms with Gasteiger partial charge in [0.05, 0.1) is 27.6 Å². The van der Waals surface area contributed by atoms with Crippen LogP contribution in [0.3, 0.4) is 0 Å². The molecule has 0 aliphatic heterocycles. The van der Waals surface area contributed by atoms with Crippen LogP contribution < -0.4 is 5.32 Å². The van der Waals surface area contributed by atoms with E-state index in [9.17, 15) is 15.2 Å². The highest BCUT2D eigenvalue weighted by atomic mass is 16.6. The lowest BCUT2D eigenvalue weighted by atomic mass is 9.98. The third kappa shape index (κ3) is 2.55. The molecule has 1 atom stereocenters. The van der Waals surface area contributed by atoms with Gasteiger partial charge in [0.2, 0.25) is 0 Å². The normalized spacial score (nSPS) is 13.2. The number of aliphatic hydroxyl groups is 1. The number of aliphatic hydroxyl groups excluding tert-OH is 1. The molecule has 0 saturated carbocycles. The van der Waals surface area contributed by atoms with Crippen molar-refractivity contribution in [3.8, 4) is 0 Å². The van der Waals surface area contributed by atoms with Crippen molar-refractivity contribution in [2.45, 2.75) is 32.4 Å². The van der Waals surface area contributed by atoms with Gasteiger partial charge < -0.3 is 10.4 Å². The standard InChI is InChI=1S/C14H17N3O3/c1-9(18)14(2,3)16-11-6-7-12(17(19)20)10-5-4-8-15-13(10)11/h4-9,16,18H,1-3H3.